The fourth-order valence-electron chi connectivity index (χ4n) is 9.88. The van der Waals surface area contributed by atoms with Crippen LogP contribution in [0.5, 0.6) is 0 Å². The molecular weight excluding hydrogens is 781 g/mol. The molecule has 12 atom stereocenters. The van der Waals surface area contributed by atoms with E-state index in [1.165, 1.54) is 0 Å². The summed E-state index contributed by atoms with van der Waals surface area (Å²) in [4.78, 5) is 0. The molecule has 12 heteroatoms. The zero-order chi connectivity index (χ0) is 42.7. The fraction of sp³-hybridized carbons (Fsp3) is 0.625. The predicted octanol–water partition coefficient (Wildman–Crippen LogP) is 8.70. The maximum absolute atomic E-state index is 12.1. The van der Waals surface area contributed by atoms with Crippen LogP contribution in [0.3, 0.4) is 0 Å². The van der Waals surface area contributed by atoms with E-state index >= 15 is 0 Å². The molecule has 0 saturated carbocycles. The average Bonchev–Trinajstić information content (AvgIpc) is 3.73. The van der Waals surface area contributed by atoms with Crippen molar-refractivity contribution in [3.8, 4) is 0 Å². The van der Waals surface area contributed by atoms with Gasteiger partial charge < -0.3 is 52.2 Å². The highest BCUT2D eigenvalue weighted by molar-refractivity contribution is 6.77. The number of ether oxygens (including phenoxy) is 9. The minimum absolute atomic E-state index is 0.116. The molecule has 60 heavy (non-hydrogen) atoms. The molecule has 0 spiro atoms. The first kappa shape index (κ1) is 45.5. The third-order valence-electron chi connectivity index (χ3n) is 13.2. The van der Waals surface area contributed by atoms with Gasteiger partial charge in [-0.2, -0.15) is 0 Å². The molecule has 1 N–H and O–H groups in total. The number of rotatable bonds is 17. The summed E-state index contributed by atoms with van der Waals surface area (Å²) < 4.78 is 67.7. The fourth-order valence-corrected chi connectivity index (χ4v) is 15.4. The van der Waals surface area contributed by atoms with Crippen LogP contribution in [-0.2, 0) is 60.3 Å². The zero-order valence-electron chi connectivity index (χ0n) is 36.9. The lowest BCUT2D eigenvalue weighted by atomic mass is 9.91. The van der Waals surface area contributed by atoms with E-state index in [1.807, 2.05) is 105 Å². The summed E-state index contributed by atoms with van der Waals surface area (Å²) in [5, 5.41) is 12.1. The SMILES string of the molecule is CC1O[C@H](O[Si](C(C)C)(C(C)C)C(C)C)[C@@H](C)C(O)[C@@H]1O[C@H]1OC[C@@H](C)C(O[C@@]23COCC2(COCc2ccccc2)O[C@@H](c2ccccc2)O3)[C@H]1OCc1ccccc1. The van der Waals surface area contributed by atoms with E-state index in [4.69, 9.17) is 47.1 Å². The first-order valence-electron chi connectivity index (χ1n) is 22.0. The van der Waals surface area contributed by atoms with Gasteiger partial charge in [-0.1, -0.05) is 146 Å². The molecule has 4 saturated heterocycles. The van der Waals surface area contributed by atoms with Gasteiger partial charge in [-0.15, -0.1) is 0 Å². The minimum atomic E-state index is -2.32. The van der Waals surface area contributed by atoms with Crippen molar-refractivity contribution in [1.82, 2.24) is 0 Å². The molecule has 4 heterocycles. The summed E-state index contributed by atoms with van der Waals surface area (Å²) in [6, 6.07) is 29.9. The Morgan fingerprint density at radius 3 is 1.93 bits per heavy atom. The molecule has 4 fully saturated rings. The van der Waals surface area contributed by atoms with Gasteiger partial charge in [0.1, 0.15) is 18.8 Å². The molecule has 4 unspecified atom stereocenters. The van der Waals surface area contributed by atoms with Crippen molar-refractivity contribution >= 4 is 8.32 Å². The number of benzene rings is 3. The van der Waals surface area contributed by atoms with Crippen molar-refractivity contribution in [2.75, 3.05) is 26.4 Å². The van der Waals surface area contributed by atoms with Gasteiger partial charge in [0.2, 0.25) is 14.1 Å². The van der Waals surface area contributed by atoms with Crippen molar-refractivity contribution in [3.63, 3.8) is 0 Å². The first-order chi connectivity index (χ1) is 28.8. The second kappa shape index (κ2) is 19.4. The van der Waals surface area contributed by atoms with Crippen molar-refractivity contribution in [2.45, 2.75) is 153 Å². The van der Waals surface area contributed by atoms with Crippen LogP contribution >= 0.6 is 0 Å². The highest BCUT2D eigenvalue weighted by Crippen LogP contribution is 2.52. The van der Waals surface area contributed by atoms with Gasteiger partial charge in [-0.3, -0.25) is 0 Å². The van der Waals surface area contributed by atoms with Gasteiger partial charge in [0.15, 0.2) is 24.5 Å². The smallest absolute Gasteiger partial charge is 0.229 e. The van der Waals surface area contributed by atoms with Gasteiger partial charge in [-0.25, -0.2) is 0 Å². The van der Waals surface area contributed by atoms with E-state index in [0.717, 1.165) is 16.7 Å². The van der Waals surface area contributed by atoms with Crippen LogP contribution in [0.15, 0.2) is 91.0 Å². The predicted molar refractivity (Wildman–Crippen MR) is 229 cm³/mol. The van der Waals surface area contributed by atoms with Gasteiger partial charge in [0.05, 0.1) is 51.3 Å². The Bertz CT molecular complexity index is 1750. The van der Waals surface area contributed by atoms with Crippen molar-refractivity contribution in [3.05, 3.63) is 108 Å². The van der Waals surface area contributed by atoms with Crippen molar-refractivity contribution < 1.29 is 52.2 Å². The molecule has 3 aromatic carbocycles. The van der Waals surface area contributed by atoms with Crippen LogP contribution < -0.4 is 0 Å². The lowest BCUT2D eigenvalue weighted by molar-refractivity contribution is -0.358. The Morgan fingerprint density at radius 2 is 1.32 bits per heavy atom. The first-order valence-corrected chi connectivity index (χ1v) is 24.1. The Morgan fingerprint density at radius 1 is 0.717 bits per heavy atom. The van der Waals surface area contributed by atoms with Crippen LogP contribution in [0.25, 0.3) is 0 Å². The van der Waals surface area contributed by atoms with E-state index in [1.54, 1.807) is 0 Å². The minimum Gasteiger partial charge on any atom is -0.391 e. The summed E-state index contributed by atoms with van der Waals surface area (Å²) in [6.07, 6.45) is -5.72. The van der Waals surface area contributed by atoms with E-state index in [9.17, 15) is 5.11 Å². The molecule has 0 radical (unpaired) electrons. The Kier molecular flexibility index (Phi) is 14.7. The van der Waals surface area contributed by atoms with Gasteiger partial charge in [-0.05, 0) is 34.7 Å². The molecule has 330 valence electrons. The maximum Gasteiger partial charge on any atom is 0.229 e. The Balaban J connectivity index is 1.16. The standard InChI is InChI=1S/C48H68O11Si/c1-31(2)60(32(3)4,33(5)6)59-44-35(8)40(49)42(36(9)54-44)55-46-43(52-27-38-21-15-11-16-22-38)41(34(7)25-53-46)56-48-30-51-29-47(48,28-50-26-37-19-13-10-14-20-37)57-45(58-48)39-23-17-12-18-24-39/h10-24,31-36,40-46,49H,25-30H2,1-9H3/t34-,35+,36?,40?,41?,42-,43-,44-,45-,46-,47?,48-/m1/s1. The summed E-state index contributed by atoms with van der Waals surface area (Å²) in [5.74, 6) is -1.89. The molecule has 4 aliphatic rings. The Labute approximate surface area is 358 Å². The number of hydrogen-bond donors (Lipinski definition) is 1. The Hall–Kier alpha value is -2.56. The number of aliphatic hydroxyl groups excluding tert-OH is 1. The normalized spacial score (nSPS) is 34.8. The van der Waals surface area contributed by atoms with Crippen LogP contribution in [-0.4, -0.2) is 94.3 Å². The van der Waals surface area contributed by atoms with E-state index in [-0.39, 0.29) is 38.3 Å². The van der Waals surface area contributed by atoms with E-state index in [2.05, 4.69) is 48.5 Å². The number of aliphatic hydroxyl groups is 1. The number of hydrogen-bond acceptors (Lipinski definition) is 11. The molecule has 0 aliphatic carbocycles. The molecular formula is C48H68O11Si. The van der Waals surface area contributed by atoms with Gasteiger partial charge in [0.25, 0.3) is 0 Å². The number of fused-ring (bicyclic) bond motifs is 1. The third-order valence-corrected chi connectivity index (χ3v) is 19.2. The quantitative estimate of drug-likeness (QED) is 0.132. The third kappa shape index (κ3) is 9.23. The molecule has 0 aromatic heterocycles. The lowest BCUT2D eigenvalue weighted by Gasteiger charge is -2.51. The topological polar surface area (TPSA) is 113 Å². The zero-order valence-corrected chi connectivity index (χ0v) is 37.9. The largest absolute Gasteiger partial charge is 0.391 e. The van der Waals surface area contributed by atoms with Crippen LogP contribution in [0.1, 0.15) is 85.3 Å². The maximum atomic E-state index is 12.1. The molecule has 0 bridgehead atoms. The van der Waals surface area contributed by atoms with Crippen LogP contribution in [0.4, 0.5) is 0 Å². The van der Waals surface area contributed by atoms with E-state index in [0.29, 0.717) is 29.8 Å². The highest BCUT2D eigenvalue weighted by atomic mass is 28.4. The summed E-state index contributed by atoms with van der Waals surface area (Å²) in [5.41, 5.74) is 2.88. The molecule has 7 rings (SSSR count). The summed E-state index contributed by atoms with van der Waals surface area (Å²) in [6.45, 7) is 21.0. The van der Waals surface area contributed by atoms with Crippen LogP contribution in [0, 0.1) is 11.8 Å². The van der Waals surface area contributed by atoms with Crippen molar-refractivity contribution in [1.29, 1.82) is 0 Å². The average molecular weight is 849 g/mol. The molecule has 4 aliphatic heterocycles. The highest BCUT2D eigenvalue weighted by Gasteiger charge is 2.69. The summed E-state index contributed by atoms with van der Waals surface area (Å²) in [7, 11) is -2.32. The van der Waals surface area contributed by atoms with E-state index < -0.39 is 69.1 Å². The molecule has 11 nitrogen and oxygen atoms in total. The van der Waals surface area contributed by atoms with Crippen LogP contribution in [0.2, 0.25) is 16.6 Å². The monoisotopic (exact) mass is 848 g/mol. The second-order valence-corrected chi connectivity index (χ2v) is 23.7. The molecule has 3 aromatic rings. The van der Waals surface area contributed by atoms with Crippen molar-refractivity contribution in [2.24, 2.45) is 11.8 Å². The van der Waals surface area contributed by atoms with Gasteiger partial charge >= 0.3 is 0 Å². The second-order valence-electron chi connectivity index (χ2n) is 18.3. The summed E-state index contributed by atoms with van der Waals surface area (Å²) >= 11 is 0. The molecule has 0 amide bonds. The lowest BCUT2D eigenvalue weighted by Crippen LogP contribution is -2.64. The van der Waals surface area contributed by atoms with Gasteiger partial charge in [0, 0.05) is 17.4 Å².